The number of carbonyl (C=O) groups excluding carboxylic acids is 2. The molecular weight excluding hydrogens is 775 g/mol. The Morgan fingerprint density at radius 2 is 0.839 bits per heavy atom. The number of carboxylic acid groups (broad SMARTS) is 1. The Kier molecular flexibility index (Phi) is 42.9. The van der Waals surface area contributed by atoms with E-state index in [0.717, 1.165) is 57.8 Å². The summed E-state index contributed by atoms with van der Waals surface area (Å²) in [6.45, 7) is 4.71. The lowest BCUT2D eigenvalue weighted by Crippen LogP contribution is -2.50. The second-order valence-corrected chi connectivity index (χ2v) is 18.5. The van der Waals surface area contributed by atoms with Crippen molar-refractivity contribution in [1.29, 1.82) is 0 Å². The van der Waals surface area contributed by atoms with Crippen molar-refractivity contribution in [3.63, 3.8) is 0 Å². The molecule has 0 radical (unpaired) electrons. The molecule has 0 rings (SSSR count). The van der Waals surface area contributed by atoms with Crippen LogP contribution in [0.1, 0.15) is 226 Å². The van der Waals surface area contributed by atoms with Gasteiger partial charge in [0.15, 0.2) is 12.1 Å². The number of allylic oxidation sites excluding steroid dienone is 8. The molecule has 0 fully saturated rings. The molecule has 2 atom stereocenters. The van der Waals surface area contributed by atoms with Crippen LogP contribution in [0.3, 0.4) is 0 Å². The van der Waals surface area contributed by atoms with Gasteiger partial charge in [0.25, 0.3) is 0 Å². The van der Waals surface area contributed by atoms with E-state index in [1.165, 1.54) is 135 Å². The smallest absolute Gasteiger partial charge is 0.362 e. The molecule has 8 nitrogen and oxygen atoms in total. The summed E-state index contributed by atoms with van der Waals surface area (Å²) in [5, 5.41) is 9.65. The second kappa shape index (κ2) is 44.9. The zero-order chi connectivity index (χ0) is 45.6. The molecule has 0 saturated carbocycles. The zero-order valence-electron chi connectivity index (χ0n) is 41.1. The molecular formula is C54H98NO7+. The van der Waals surface area contributed by atoms with Crippen molar-refractivity contribution in [1.82, 2.24) is 0 Å². The molecule has 62 heavy (non-hydrogen) atoms. The molecule has 0 spiro atoms. The van der Waals surface area contributed by atoms with E-state index < -0.39 is 18.1 Å². The number of nitrogens with zero attached hydrogens (tertiary/aromatic N) is 1. The Morgan fingerprint density at radius 1 is 0.484 bits per heavy atom. The third-order valence-electron chi connectivity index (χ3n) is 11.5. The van der Waals surface area contributed by atoms with Gasteiger partial charge >= 0.3 is 17.9 Å². The van der Waals surface area contributed by atoms with E-state index in [9.17, 15) is 19.5 Å². The summed E-state index contributed by atoms with van der Waals surface area (Å²) in [5.74, 6) is -1.48. The van der Waals surface area contributed by atoms with E-state index in [2.05, 4.69) is 62.5 Å². The van der Waals surface area contributed by atoms with Crippen LogP contribution in [-0.2, 0) is 28.6 Å². The number of rotatable bonds is 46. The van der Waals surface area contributed by atoms with Crippen molar-refractivity contribution in [2.45, 2.75) is 238 Å². The van der Waals surface area contributed by atoms with Crippen molar-refractivity contribution < 1.29 is 38.2 Å². The van der Waals surface area contributed by atoms with Crippen LogP contribution < -0.4 is 0 Å². The predicted molar refractivity (Wildman–Crippen MR) is 261 cm³/mol. The summed E-state index contributed by atoms with van der Waals surface area (Å²) in [4.78, 5) is 37.1. The minimum Gasteiger partial charge on any atom is -0.477 e. The van der Waals surface area contributed by atoms with E-state index in [4.69, 9.17) is 14.2 Å². The molecule has 8 heteroatoms. The number of carboxylic acids is 1. The fraction of sp³-hybridized carbons (Fsp3) is 0.796. The average Bonchev–Trinajstić information content (AvgIpc) is 3.23. The Labute approximate surface area is 382 Å². The maximum absolute atomic E-state index is 12.8. The third kappa shape index (κ3) is 42.6. The van der Waals surface area contributed by atoms with Gasteiger partial charge in [0.05, 0.1) is 34.4 Å². The average molecular weight is 873 g/mol. The van der Waals surface area contributed by atoms with E-state index in [1.807, 2.05) is 21.1 Å². The highest BCUT2D eigenvalue weighted by molar-refractivity contribution is 5.72. The summed E-state index contributed by atoms with van der Waals surface area (Å²) < 4.78 is 17.3. The third-order valence-corrected chi connectivity index (χ3v) is 11.5. The SMILES string of the molecule is CCCCCC/C=C/C=C/CCCCCCCCCCCCC(=O)OC(COCCC(C(=O)O)[N+](C)(C)C)COC(=O)CCCCCCC/C=C/C=C/CCCCCCCCC. The predicted octanol–water partition coefficient (Wildman–Crippen LogP) is 14.8. The maximum atomic E-state index is 12.8. The van der Waals surface area contributed by atoms with E-state index in [-0.39, 0.29) is 36.2 Å². The van der Waals surface area contributed by atoms with Crippen LogP contribution in [0.15, 0.2) is 48.6 Å². The molecule has 0 amide bonds. The van der Waals surface area contributed by atoms with Gasteiger partial charge in [-0.05, 0) is 64.2 Å². The second-order valence-electron chi connectivity index (χ2n) is 18.5. The standard InChI is InChI=1S/C54H97NO7/c1-6-8-10-12-14-16-18-20-22-24-26-27-29-31-33-35-37-39-41-43-45-53(57)62-50(48-60-47-46-51(54(58)59)55(3,4)5)49-61-52(56)44-42-40-38-36-34-32-30-28-25-23-21-19-17-15-13-11-9-7-2/h16,18,20,22-23,25,28,30,50-51H,6-15,17,19,21,24,26-27,29,31-49H2,1-5H3/p+1/b18-16+,22-20+,25-23+,30-28+. The Bertz CT molecular complexity index is 1150. The van der Waals surface area contributed by atoms with Gasteiger partial charge < -0.3 is 23.8 Å². The van der Waals surface area contributed by atoms with Crippen molar-refractivity contribution in [2.24, 2.45) is 0 Å². The van der Waals surface area contributed by atoms with Gasteiger partial charge in [-0.25, -0.2) is 4.79 Å². The lowest BCUT2D eigenvalue weighted by Gasteiger charge is -2.31. The van der Waals surface area contributed by atoms with Crippen LogP contribution in [0.5, 0.6) is 0 Å². The molecule has 360 valence electrons. The fourth-order valence-electron chi connectivity index (χ4n) is 7.49. The number of carbonyl (C=O) groups is 3. The lowest BCUT2D eigenvalue weighted by atomic mass is 10.1. The van der Waals surface area contributed by atoms with Crippen molar-refractivity contribution in [2.75, 3.05) is 41.0 Å². The number of likely N-dealkylation sites (N-methyl/N-ethyl adjacent to an activating group) is 1. The van der Waals surface area contributed by atoms with Gasteiger partial charge in [-0.3, -0.25) is 9.59 Å². The quantitative estimate of drug-likeness (QED) is 0.0281. The van der Waals surface area contributed by atoms with Crippen molar-refractivity contribution in [3.8, 4) is 0 Å². The summed E-state index contributed by atoms with van der Waals surface area (Å²) in [6, 6.07) is -0.619. The van der Waals surface area contributed by atoms with Gasteiger partial charge in [-0.15, -0.1) is 0 Å². The number of quaternary nitrogens is 1. The topological polar surface area (TPSA) is 99.1 Å². The van der Waals surface area contributed by atoms with Gasteiger partial charge in [-0.1, -0.05) is 191 Å². The van der Waals surface area contributed by atoms with Crippen LogP contribution in [0.25, 0.3) is 0 Å². The molecule has 0 aromatic heterocycles. The number of ether oxygens (including phenoxy) is 3. The minimum absolute atomic E-state index is 0.0548. The van der Waals surface area contributed by atoms with Gasteiger partial charge in [0.1, 0.15) is 6.61 Å². The minimum atomic E-state index is -0.877. The molecule has 0 aromatic rings. The summed E-state index contributed by atoms with van der Waals surface area (Å²) in [7, 11) is 5.53. The van der Waals surface area contributed by atoms with Gasteiger partial charge in [0.2, 0.25) is 0 Å². The van der Waals surface area contributed by atoms with Crippen LogP contribution in [0.4, 0.5) is 0 Å². The molecule has 0 saturated heterocycles. The fourth-order valence-corrected chi connectivity index (χ4v) is 7.49. The molecule has 2 unspecified atom stereocenters. The highest BCUT2D eigenvalue weighted by Crippen LogP contribution is 2.15. The highest BCUT2D eigenvalue weighted by atomic mass is 16.6. The molecule has 0 aliphatic carbocycles. The largest absolute Gasteiger partial charge is 0.477 e. The molecule has 0 aliphatic heterocycles. The Balaban J connectivity index is 4.28. The molecule has 0 bridgehead atoms. The number of unbranched alkanes of at least 4 members (excludes halogenated alkanes) is 26. The number of hydrogen-bond acceptors (Lipinski definition) is 6. The number of aliphatic carboxylic acids is 1. The summed E-state index contributed by atoms with van der Waals surface area (Å²) in [6.07, 6.45) is 54.4. The lowest BCUT2D eigenvalue weighted by molar-refractivity contribution is -0.887. The molecule has 0 heterocycles. The van der Waals surface area contributed by atoms with E-state index in [0.29, 0.717) is 19.3 Å². The van der Waals surface area contributed by atoms with E-state index >= 15 is 0 Å². The van der Waals surface area contributed by atoms with Crippen molar-refractivity contribution in [3.05, 3.63) is 48.6 Å². The van der Waals surface area contributed by atoms with Crippen LogP contribution in [0.2, 0.25) is 0 Å². The first-order chi connectivity index (χ1) is 30.1. The highest BCUT2D eigenvalue weighted by Gasteiger charge is 2.31. The molecule has 0 aromatic carbocycles. The number of hydrogen-bond donors (Lipinski definition) is 1. The normalized spacial score (nSPS) is 13.2. The van der Waals surface area contributed by atoms with Crippen LogP contribution in [-0.4, -0.2) is 80.6 Å². The van der Waals surface area contributed by atoms with Gasteiger partial charge in [0, 0.05) is 19.3 Å². The first-order valence-electron chi connectivity index (χ1n) is 25.7. The number of esters is 2. The Hall–Kier alpha value is -2.71. The first-order valence-corrected chi connectivity index (χ1v) is 25.7. The summed E-state index contributed by atoms with van der Waals surface area (Å²) in [5.41, 5.74) is 0. The van der Waals surface area contributed by atoms with Gasteiger partial charge in [-0.2, -0.15) is 0 Å². The Morgan fingerprint density at radius 3 is 1.23 bits per heavy atom. The molecule has 0 aliphatic rings. The molecule has 1 N–H and O–H groups in total. The summed E-state index contributed by atoms with van der Waals surface area (Å²) >= 11 is 0. The zero-order valence-corrected chi connectivity index (χ0v) is 41.1. The first kappa shape index (κ1) is 59.3. The van der Waals surface area contributed by atoms with Crippen LogP contribution >= 0.6 is 0 Å². The van der Waals surface area contributed by atoms with Crippen LogP contribution in [0, 0.1) is 0 Å². The van der Waals surface area contributed by atoms with E-state index in [1.54, 1.807) is 0 Å². The van der Waals surface area contributed by atoms with Crippen molar-refractivity contribution >= 4 is 17.9 Å². The maximum Gasteiger partial charge on any atom is 0.362 e. The monoisotopic (exact) mass is 873 g/mol.